The quantitative estimate of drug-likeness (QED) is 0.254. The molecule has 33 heavy (non-hydrogen) atoms. The summed E-state index contributed by atoms with van der Waals surface area (Å²) in [5.74, 6) is -1.70. The zero-order valence-corrected chi connectivity index (χ0v) is 19.0. The van der Waals surface area contributed by atoms with Gasteiger partial charge in [-0.05, 0) is 55.1 Å². The Kier molecular flexibility index (Phi) is 8.01. The summed E-state index contributed by atoms with van der Waals surface area (Å²) in [5.41, 5.74) is 0.746. The Hall–Kier alpha value is -3.45. The van der Waals surface area contributed by atoms with Gasteiger partial charge in [0.25, 0.3) is 11.7 Å². The zero-order valence-electron chi connectivity index (χ0n) is 19.0. The van der Waals surface area contributed by atoms with Crippen molar-refractivity contribution in [3.8, 4) is 5.75 Å². The first-order chi connectivity index (χ1) is 15.9. The molecule has 3 rings (SSSR count). The van der Waals surface area contributed by atoms with E-state index in [0.717, 1.165) is 13.1 Å². The van der Waals surface area contributed by atoms with Crippen LogP contribution >= 0.6 is 0 Å². The molecule has 0 saturated carbocycles. The largest absolute Gasteiger partial charge is 0.507 e. The van der Waals surface area contributed by atoms with Crippen molar-refractivity contribution in [2.24, 2.45) is 0 Å². The van der Waals surface area contributed by atoms with E-state index in [2.05, 4.69) is 11.5 Å². The first kappa shape index (κ1) is 24.2. The molecular formula is C26H29FN2O4. The number of hydrogen-bond donors (Lipinski definition) is 1. The van der Waals surface area contributed by atoms with Crippen molar-refractivity contribution < 1.29 is 23.8 Å². The second kappa shape index (κ2) is 10.9. The number of carbonyl (C=O) groups is 2. The molecule has 0 aromatic heterocycles. The van der Waals surface area contributed by atoms with E-state index in [4.69, 9.17) is 4.74 Å². The summed E-state index contributed by atoms with van der Waals surface area (Å²) in [5, 5.41) is 11.1. The molecule has 1 aliphatic rings. The van der Waals surface area contributed by atoms with Crippen LogP contribution in [0.4, 0.5) is 4.39 Å². The maximum atomic E-state index is 14.1. The van der Waals surface area contributed by atoms with Gasteiger partial charge in [0.05, 0.1) is 11.6 Å². The molecule has 0 bridgehead atoms. The van der Waals surface area contributed by atoms with Gasteiger partial charge in [-0.15, -0.1) is 0 Å². The number of rotatable bonds is 10. The number of aliphatic hydroxyl groups is 1. The predicted octanol–water partition coefficient (Wildman–Crippen LogP) is 4.15. The number of ether oxygens (including phenoxy) is 1. The summed E-state index contributed by atoms with van der Waals surface area (Å²) in [7, 11) is 0. The number of ketones is 1. The molecule has 1 saturated heterocycles. The van der Waals surface area contributed by atoms with Gasteiger partial charge < -0.3 is 19.6 Å². The van der Waals surface area contributed by atoms with Crippen LogP contribution in [0.1, 0.15) is 31.0 Å². The van der Waals surface area contributed by atoms with Crippen LogP contribution in [0.25, 0.3) is 5.76 Å². The van der Waals surface area contributed by atoms with E-state index in [1.807, 2.05) is 13.8 Å². The van der Waals surface area contributed by atoms with Crippen LogP contribution in [0, 0.1) is 5.82 Å². The molecule has 1 N–H and O–H groups in total. The molecule has 1 unspecified atom stereocenters. The van der Waals surface area contributed by atoms with Crippen molar-refractivity contribution in [3.63, 3.8) is 0 Å². The number of nitrogens with zero attached hydrogens (tertiary/aromatic N) is 2. The SMILES string of the molecule is C=CCOc1ccc(/C(O)=C2\C(=O)C(=O)N(CCN(CC)CC)C2c2cccc(F)c2)cc1. The lowest BCUT2D eigenvalue weighted by molar-refractivity contribution is -0.140. The van der Waals surface area contributed by atoms with Gasteiger partial charge >= 0.3 is 0 Å². The average molecular weight is 453 g/mol. The van der Waals surface area contributed by atoms with Crippen molar-refractivity contribution in [2.75, 3.05) is 32.8 Å². The van der Waals surface area contributed by atoms with Gasteiger partial charge in [-0.3, -0.25) is 9.59 Å². The summed E-state index contributed by atoms with van der Waals surface area (Å²) in [6, 6.07) is 11.4. The number of likely N-dealkylation sites (tertiary alicyclic amines) is 1. The maximum Gasteiger partial charge on any atom is 0.295 e. The van der Waals surface area contributed by atoms with Crippen molar-refractivity contribution in [3.05, 3.63) is 83.7 Å². The molecule has 1 aliphatic heterocycles. The zero-order chi connectivity index (χ0) is 24.0. The Balaban J connectivity index is 2.04. The highest BCUT2D eigenvalue weighted by Crippen LogP contribution is 2.39. The molecule has 0 spiro atoms. The molecule has 6 nitrogen and oxygen atoms in total. The van der Waals surface area contributed by atoms with Crippen LogP contribution in [0.3, 0.4) is 0 Å². The van der Waals surface area contributed by atoms with Crippen molar-refractivity contribution in [1.29, 1.82) is 0 Å². The van der Waals surface area contributed by atoms with E-state index in [9.17, 15) is 19.1 Å². The number of hydrogen-bond acceptors (Lipinski definition) is 5. The third-order valence-corrected chi connectivity index (χ3v) is 5.75. The van der Waals surface area contributed by atoms with E-state index in [1.54, 1.807) is 36.4 Å². The number of amides is 1. The Morgan fingerprint density at radius 2 is 1.88 bits per heavy atom. The monoisotopic (exact) mass is 452 g/mol. The number of halogens is 1. The summed E-state index contributed by atoms with van der Waals surface area (Å²) in [6.07, 6.45) is 1.62. The highest BCUT2D eigenvalue weighted by atomic mass is 19.1. The number of Topliss-reactive ketones (excluding diaryl/α,β-unsaturated/α-hetero) is 1. The van der Waals surface area contributed by atoms with E-state index in [1.165, 1.54) is 23.1 Å². The first-order valence-electron chi connectivity index (χ1n) is 11.0. The third-order valence-electron chi connectivity index (χ3n) is 5.75. The standard InChI is InChI=1S/C26H29FN2O4/c1-4-16-33-21-12-10-18(11-13-21)24(30)22-23(19-8-7-9-20(27)17-19)29(26(32)25(22)31)15-14-28(5-2)6-3/h4,7-13,17,23,30H,1,5-6,14-16H2,2-3H3/b24-22+. The smallest absolute Gasteiger partial charge is 0.295 e. The lowest BCUT2D eigenvalue weighted by Gasteiger charge is -2.28. The maximum absolute atomic E-state index is 14.1. The molecule has 0 radical (unpaired) electrons. The summed E-state index contributed by atoms with van der Waals surface area (Å²) < 4.78 is 19.5. The molecule has 2 aromatic rings. The van der Waals surface area contributed by atoms with Crippen LogP contribution in [-0.4, -0.2) is 59.4 Å². The topological polar surface area (TPSA) is 70.1 Å². The summed E-state index contributed by atoms with van der Waals surface area (Å²) in [4.78, 5) is 29.6. The first-order valence-corrected chi connectivity index (χ1v) is 11.0. The predicted molar refractivity (Wildman–Crippen MR) is 125 cm³/mol. The van der Waals surface area contributed by atoms with Crippen LogP contribution in [0.5, 0.6) is 5.75 Å². The third kappa shape index (κ3) is 5.31. The fourth-order valence-corrected chi connectivity index (χ4v) is 3.94. The minimum absolute atomic E-state index is 0.0510. The molecule has 174 valence electrons. The highest BCUT2D eigenvalue weighted by molar-refractivity contribution is 6.46. The second-order valence-corrected chi connectivity index (χ2v) is 7.70. The van der Waals surface area contributed by atoms with Crippen molar-refractivity contribution in [1.82, 2.24) is 9.80 Å². The molecule has 2 aromatic carbocycles. The Labute approximate surface area is 193 Å². The fraction of sp³-hybridized carbons (Fsp3) is 0.308. The van der Waals surface area contributed by atoms with Gasteiger partial charge in [0, 0.05) is 18.7 Å². The van der Waals surface area contributed by atoms with Crippen molar-refractivity contribution >= 4 is 17.4 Å². The fourth-order valence-electron chi connectivity index (χ4n) is 3.94. The minimum atomic E-state index is -0.882. The number of benzene rings is 2. The Morgan fingerprint density at radius 1 is 1.18 bits per heavy atom. The second-order valence-electron chi connectivity index (χ2n) is 7.70. The molecule has 1 atom stereocenters. The normalized spacial score (nSPS) is 17.6. The number of likely N-dealkylation sites (N-methyl/N-ethyl adjacent to an activating group) is 1. The van der Waals surface area contributed by atoms with Gasteiger partial charge in [-0.1, -0.05) is 38.6 Å². The minimum Gasteiger partial charge on any atom is -0.507 e. The van der Waals surface area contributed by atoms with Crippen LogP contribution in [0.2, 0.25) is 0 Å². The van der Waals surface area contributed by atoms with E-state index < -0.39 is 23.5 Å². The van der Waals surface area contributed by atoms with Crippen LogP contribution < -0.4 is 4.74 Å². The van der Waals surface area contributed by atoms with Gasteiger partial charge in [0.15, 0.2) is 0 Å². The molecular weight excluding hydrogens is 423 g/mol. The van der Waals surface area contributed by atoms with E-state index >= 15 is 0 Å². The molecule has 1 fully saturated rings. The molecule has 1 heterocycles. The van der Waals surface area contributed by atoms with Gasteiger partial charge in [-0.25, -0.2) is 4.39 Å². The molecule has 0 aliphatic carbocycles. The Morgan fingerprint density at radius 3 is 2.48 bits per heavy atom. The van der Waals surface area contributed by atoms with Crippen molar-refractivity contribution in [2.45, 2.75) is 19.9 Å². The summed E-state index contributed by atoms with van der Waals surface area (Å²) in [6.45, 7) is 10.4. The number of aliphatic hydroxyl groups excluding tert-OH is 1. The van der Waals surface area contributed by atoms with Gasteiger partial charge in [0.2, 0.25) is 0 Å². The average Bonchev–Trinajstić information content (AvgIpc) is 3.08. The Bertz CT molecular complexity index is 1040. The lowest BCUT2D eigenvalue weighted by atomic mass is 9.95. The summed E-state index contributed by atoms with van der Waals surface area (Å²) >= 11 is 0. The highest BCUT2D eigenvalue weighted by Gasteiger charge is 2.46. The van der Waals surface area contributed by atoms with Crippen LogP contribution in [-0.2, 0) is 9.59 Å². The lowest BCUT2D eigenvalue weighted by Crippen LogP contribution is -2.38. The van der Waals surface area contributed by atoms with Gasteiger partial charge in [0.1, 0.15) is 23.9 Å². The van der Waals surface area contributed by atoms with E-state index in [0.29, 0.717) is 30.0 Å². The number of carbonyl (C=O) groups excluding carboxylic acids is 2. The molecule has 1 amide bonds. The van der Waals surface area contributed by atoms with Crippen LogP contribution in [0.15, 0.2) is 66.8 Å². The van der Waals surface area contributed by atoms with E-state index in [-0.39, 0.29) is 17.9 Å². The molecule has 7 heteroatoms. The van der Waals surface area contributed by atoms with Gasteiger partial charge in [-0.2, -0.15) is 0 Å².